The number of likely N-dealkylation sites (tertiary alicyclic amines) is 1. The lowest BCUT2D eigenvalue weighted by Gasteiger charge is -2.36. The van der Waals surface area contributed by atoms with Gasteiger partial charge in [0, 0.05) is 17.4 Å². The maximum absolute atomic E-state index is 13.5. The fourth-order valence-corrected chi connectivity index (χ4v) is 4.35. The Bertz CT molecular complexity index is 950. The fraction of sp³-hybridized carbons (Fsp3) is 0.524. The van der Waals surface area contributed by atoms with Crippen LogP contribution >= 0.6 is 15.9 Å². The third-order valence-electron chi connectivity index (χ3n) is 6.07. The number of β-amino-alcohol motifs (C(OH)–C–C–N with tert-alkyl or cyclic N) is 1. The van der Waals surface area contributed by atoms with Crippen LogP contribution in [0.3, 0.4) is 0 Å². The second kappa shape index (κ2) is 9.02. The number of amides is 3. The van der Waals surface area contributed by atoms with Crippen molar-refractivity contribution in [2.75, 3.05) is 6.54 Å². The van der Waals surface area contributed by atoms with Gasteiger partial charge in [0.1, 0.15) is 17.4 Å². The van der Waals surface area contributed by atoms with E-state index in [0.29, 0.717) is 5.84 Å². The van der Waals surface area contributed by atoms with Crippen LogP contribution in [0.1, 0.15) is 39.7 Å². The van der Waals surface area contributed by atoms with Crippen LogP contribution < -0.4 is 10.6 Å². The highest BCUT2D eigenvalue weighted by Gasteiger charge is 2.49. The van der Waals surface area contributed by atoms with Gasteiger partial charge in [0.15, 0.2) is 13.0 Å². The first kappa shape index (κ1) is 24.5. The van der Waals surface area contributed by atoms with Crippen LogP contribution in [0.2, 0.25) is 0 Å². The van der Waals surface area contributed by atoms with E-state index in [2.05, 4.69) is 31.6 Å². The van der Waals surface area contributed by atoms with Crippen molar-refractivity contribution in [2.45, 2.75) is 57.8 Å². The molecule has 11 heteroatoms. The molecule has 4 unspecified atom stereocenters. The summed E-state index contributed by atoms with van der Waals surface area (Å²) in [5.74, 6) is -0.506. The SMILES string of the molecule is BBC(=O)NC(C(=O)N1CC(O)CC1C1=NC(=O)C(C)(c2ccc(Br)cc2)N1)C(C)(C)C. The monoisotopic (exact) mass is 502 g/mol. The summed E-state index contributed by atoms with van der Waals surface area (Å²) in [7, 11) is 1.99. The number of amidine groups is 1. The van der Waals surface area contributed by atoms with Crippen LogP contribution in [0.15, 0.2) is 33.7 Å². The molecular formula is C21H29B2BrN4O4. The van der Waals surface area contributed by atoms with Gasteiger partial charge in [-0.2, -0.15) is 4.99 Å². The summed E-state index contributed by atoms with van der Waals surface area (Å²) in [5.41, 5.74) is -0.839. The highest BCUT2D eigenvalue weighted by atomic mass is 79.9. The standard InChI is InChI=1S/C21H29B2BrN4O4/c1-20(2,3)15(25-19(32)23-22)17(30)28-10-13(29)9-14(28)16-26-18(31)21(4,27-16)11-5-7-12(24)8-6-11/h5-8,13-15,23,29H,9-10,22H2,1-4H3,(H,25,32)(H,26,27,31). The minimum Gasteiger partial charge on any atom is -0.391 e. The van der Waals surface area contributed by atoms with E-state index in [1.807, 2.05) is 45.0 Å². The summed E-state index contributed by atoms with van der Waals surface area (Å²) in [6, 6.07) is 6.05. The second-order valence-electron chi connectivity index (χ2n) is 9.68. The topological polar surface area (TPSA) is 111 Å². The highest BCUT2D eigenvalue weighted by molar-refractivity contribution is 9.10. The van der Waals surface area contributed by atoms with Gasteiger partial charge < -0.3 is 20.6 Å². The molecule has 3 rings (SSSR count). The number of carbonyl (C=O) groups is 3. The molecule has 0 aliphatic carbocycles. The van der Waals surface area contributed by atoms with E-state index in [0.717, 1.165) is 10.0 Å². The maximum Gasteiger partial charge on any atom is 0.277 e. The first-order valence-corrected chi connectivity index (χ1v) is 11.6. The van der Waals surface area contributed by atoms with Crippen molar-refractivity contribution in [3.05, 3.63) is 34.3 Å². The number of rotatable bonds is 5. The average molecular weight is 503 g/mol. The molecule has 3 amide bonds. The number of benzene rings is 1. The van der Waals surface area contributed by atoms with E-state index >= 15 is 0 Å². The van der Waals surface area contributed by atoms with Gasteiger partial charge in [-0.25, -0.2) is 0 Å². The Kier molecular flexibility index (Phi) is 6.91. The number of aliphatic imine (C=N–C) groups is 1. The minimum absolute atomic E-state index is 0.113. The van der Waals surface area contributed by atoms with Crippen LogP contribution in [-0.4, -0.2) is 73.1 Å². The van der Waals surface area contributed by atoms with Crippen molar-refractivity contribution in [1.29, 1.82) is 0 Å². The van der Waals surface area contributed by atoms with Gasteiger partial charge in [-0.1, -0.05) is 48.8 Å². The summed E-state index contributed by atoms with van der Waals surface area (Å²) in [6.07, 6.45) is -0.481. The molecule has 32 heavy (non-hydrogen) atoms. The molecular weight excluding hydrogens is 474 g/mol. The molecule has 2 heterocycles. The second-order valence-corrected chi connectivity index (χ2v) is 10.6. The molecule has 1 saturated heterocycles. The fourth-order valence-electron chi connectivity index (χ4n) is 4.09. The summed E-state index contributed by atoms with van der Waals surface area (Å²) in [4.78, 5) is 44.3. The molecule has 0 spiro atoms. The number of hydrogen-bond acceptors (Lipinski definition) is 5. The molecule has 0 aromatic heterocycles. The van der Waals surface area contributed by atoms with Crippen LogP contribution in [0.5, 0.6) is 0 Å². The smallest absolute Gasteiger partial charge is 0.277 e. The molecule has 1 aromatic carbocycles. The molecule has 170 valence electrons. The minimum atomic E-state index is -1.06. The van der Waals surface area contributed by atoms with Gasteiger partial charge in [0.05, 0.1) is 19.9 Å². The highest BCUT2D eigenvalue weighted by Crippen LogP contribution is 2.32. The van der Waals surface area contributed by atoms with Gasteiger partial charge in [-0.3, -0.25) is 14.4 Å². The molecule has 4 atom stereocenters. The van der Waals surface area contributed by atoms with E-state index < -0.39 is 29.1 Å². The Morgan fingerprint density at radius 3 is 2.56 bits per heavy atom. The van der Waals surface area contributed by atoms with Gasteiger partial charge in [0.2, 0.25) is 5.91 Å². The number of aliphatic hydroxyl groups excluding tert-OH is 1. The molecule has 0 radical (unpaired) electrons. The predicted molar refractivity (Wildman–Crippen MR) is 131 cm³/mol. The number of nitrogens with one attached hydrogen (secondary N) is 2. The van der Waals surface area contributed by atoms with E-state index in [4.69, 9.17) is 0 Å². The van der Waals surface area contributed by atoms with Gasteiger partial charge >= 0.3 is 0 Å². The summed E-state index contributed by atoms with van der Waals surface area (Å²) in [5, 5.41) is 16.4. The first-order valence-electron chi connectivity index (χ1n) is 10.8. The summed E-state index contributed by atoms with van der Waals surface area (Å²) >= 11 is 3.40. The molecule has 8 nitrogen and oxygen atoms in total. The number of hydrogen-bond donors (Lipinski definition) is 3. The zero-order chi connectivity index (χ0) is 23.8. The number of halogens is 1. The van der Waals surface area contributed by atoms with E-state index in [1.165, 1.54) is 4.90 Å². The Balaban J connectivity index is 1.87. The van der Waals surface area contributed by atoms with Crippen molar-refractivity contribution in [3.63, 3.8) is 0 Å². The molecule has 3 N–H and O–H groups in total. The van der Waals surface area contributed by atoms with E-state index in [-0.39, 0.29) is 37.8 Å². The largest absolute Gasteiger partial charge is 0.391 e. The van der Waals surface area contributed by atoms with Crippen LogP contribution in [0.25, 0.3) is 0 Å². The number of aliphatic hydroxyl groups is 1. The third-order valence-corrected chi connectivity index (χ3v) is 6.60. The van der Waals surface area contributed by atoms with Crippen molar-refractivity contribution in [1.82, 2.24) is 15.5 Å². The van der Waals surface area contributed by atoms with Crippen molar-refractivity contribution in [3.8, 4) is 0 Å². The number of nitrogens with zero attached hydrogens (tertiary/aromatic N) is 2. The Labute approximate surface area is 198 Å². The normalized spacial score (nSPS) is 26.4. The van der Waals surface area contributed by atoms with Crippen molar-refractivity contribution < 1.29 is 19.5 Å². The first-order chi connectivity index (χ1) is 14.9. The zero-order valence-electron chi connectivity index (χ0n) is 19.1. The molecule has 0 saturated carbocycles. The quantitative estimate of drug-likeness (QED) is 0.500. The molecule has 2 aliphatic rings. The van der Waals surface area contributed by atoms with E-state index in [9.17, 15) is 19.5 Å². The zero-order valence-corrected chi connectivity index (χ0v) is 20.7. The van der Waals surface area contributed by atoms with Crippen molar-refractivity contribution >= 4 is 54.3 Å². The summed E-state index contributed by atoms with van der Waals surface area (Å²) in [6.45, 7) is 7.51. The average Bonchev–Trinajstić information content (AvgIpc) is 3.25. The van der Waals surface area contributed by atoms with Gasteiger partial charge in [-0.05, 0) is 30.0 Å². The predicted octanol–water partition coefficient (Wildman–Crippen LogP) is 0.263. The van der Waals surface area contributed by atoms with Gasteiger partial charge in [-0.15, -0.1) is 0 Å². The van der Waals surface area contributed by atoms with Crippen molar-refractivity contribution in [2.24, 2.45) is 10.4 Å². The maximum atomic E-state index is 13.5. The Morgan fingerprint density at radius 2 is 2.00 bits per heavy atom. The summed E-state index contributed by atoms with van der Waals surface area (Å²) < 4.78 is 0.898. The Morgan fingerprint density at radius 1 is 1.38 bits per heavy atom. The Hall–Kier alpha value is -2.13. The van der Waals surface area contributed by atoms with Crippen LogP contribution in [0.4, 0.5) is 4.79 Å². The molecule has 1 fully saturated rings. The number of carbonyl (C=O) groups excluding carboxylic acids is 3. The third kappa shape index (κ3) is 4.78. The molecule has 1 aromatic rings. The lowest BCUT2D eigenvalue weighted by Crippen LogP contribution is -2.58. The van der Waals surface area contributed by atoms with Crippen LogP contribution in [0, 0.1) is 5.41 Å². The molecule has 0 bridgehead atoms. The van der Waals surface area contributed by atoms with Crippen LogP contribution in [-0.2, 0) is 15.1 Å². The van der Waals surface area contributed by atoms with E-state index in [1.54, 1.807) is 14.7 Å². The van der Waals surface area contributed by atoms with Gasteiger partial charge in [0.25, 0.3) is 5.91 Å². The molecule has 2 aliphatic heterocycles. The lowest BCUT2D eigenvalue weighted by molar-refractivity contribution is -0.136. The lowest BCUT2D eigenvalue weighted by atomic mass is 9.55.